The lowest BCUT2D eigenvalue weighted by molar-refractivity contribution is 0.312. The Bertz CT molecular complexity index is 926. The molecule has 0 unspecified atom stereocenters. The molecule has 174 valence electrons. The smallest absolute Gasteiger partial charge is 0.232 e. The quantitative estimate of drug-likeness (QED) is 0.560. The molecule has 0 amide bonds. The van der Waals surface area contributed by atoms with Crippen molar-refractivity contribution in [3.05, 3.63) is 23.8 Å². The summed E-state index contributed by atoms with van der Waals surface area (Å²) in [7, 11) is 8.87. The Labute approximate surface area is 194 Å². The molecular formula is C21H31N7O3S. The number of thiocarbonyl (C=S) groups is 1. The molecule has 3 N–H and O–H groups in total. The van der Waals surface area contributed by atoms with E-state index >= 15 is 0 Å². The maximum Gasteiger partial charge on any atom is 0.232 e. The van der Waals surface area contributed by atoms with Crippen molar-refractivity contribution in [2.45, 2.75) is 6.54 Å². The van der Waals surface area contributed by atoms with Gasteiger partial charge in [-0.1, -0.05) is 0 Å². The van der Waals surface area contributed by atoms with E-state index in [4.69, 9.17) is 32.2 Å². The largest absolute Gasteiger partial charge is 0.493 e. The Morgan fingerprint density at radius 1 is 1.06 bits per heavy atom. The molecule has 1 aliphatic rings. The highest BCUT2D eigenvalue weighted by Gasteiger charge is 2.19. The number of ether oxygens (including phenoxy) is 3. The molecule has 1 saturated heterocycles. The summed E-state index contributed by atoms with van der Waals surface area (Å²) in [6, 6.07) is 5.83. The summed E-state index contributed by atoms with van der Waals surface area (Å²) in [5.41, 5.74) is 6.66. The van der Waals surface area contributed by atoms with E-state index in [1.807, 2.05) is 30.1 Å². The molecule has 2 aromatic rings. The molecule has 0 aliphatic carbocycles. The maximum atomic E-state index is 5.68. The third-order valence-electron chi connectivity index (χ3n) is 5.30. The fourth-order valence-electron chi connectivity index (χ4n) is 3.56. The minimum absolute atomic E-state index is 0.124. The number of nitrogens with one attached hydrogen (secondary N) is 1. The highest BCUT2D eigenvalue weighted by atomic mass is 32.1. The van der Waals surface area contributed by atoms with Crippen LogP contribution in [-0.4, -0.2) is 81.6 Å². The number of nitrogens with zero attached hydrogens (tertiary/aromatic N) is 5. The van der Waals surface area contributed by atoms with Crippen LogP contribution in [0.15, 0.2) is 18.2 Å². The average Bonchev–Trinajstić information content (AvgIpc) is 2.78. The van der Waals surface area contributed by atoms with Crippen molar-refractivity contribution in [2.24, 2.45) is 5.73 Å². The minimum Gasteiger partial charge on any atom is -0.493 e. The Morgan fingerprint density at radius 2 is 1.69 bits per heavy atom. The molecule has 1 fully saturated rings. The van der Waals surface area contributed by atoms with Crippen LogP contribution in [0.25, 0.3) is 0 Å². The van der Waals surface area contributed by atoms with Crippen LogP contribution in [0.5, 0.6) is 17.2 Å². The predicted molar refractivity (Wildman–Crippen MR) is 130 cm³/mol. The van der Waals surface area contributed by atoms with Gasteiger partial charge in [0.2, 0.25) is 11.7 Å². The van der Waals surface area contributed by atoms with Gasteiger partial charge >= 0.3 is 0 Å². The zero-order chi connectivity index (χ0) is 23.3. The van der Waals surface area contributed by atoms with Gasteiger partial charge in [0, 0.05) is 45.8 Å². The van der Waals surface area contributed by atoms with Gasteiger partial charge in [-0.2, -0.15) is 9.97 Å². The molecule has 1 aromatic carbocycles. The van der Waals surface area contributed by atoms with Gasteiger partial charge in [-0.05, 0) is 37.0 Å². The number of likely N-dealkylation sites (N-methyl/N-ethyl adjacent to an activating group) is 1. The first kappa shape index (κ1) is 23.6. The number of hydrogen-bond acceptors (Lipinski definition) is 9. The second-order valence-electron chi connectivity index (χ2n) is 7.58. The van der Waals surface area contributed by atoms with Gasteiger partial charge in [-0.25, -0.2) is 0 Å². The molecule has 0 spiro atoms. The highest BCUT2D eigenvalue weighted by Crippen LogP contribution is 2.38. The molecule has 1 aromatic heterocycles. The van der Waals surface area contributed by atoms with E-state index in [-0.39, 0.29) is 5.11 Å². The van der Waals surface area contributed by atoms with Crippen LogP contribution in [0.4, 0.5) is 17.6 Å². The molecule has 0 bridgehead atoms. The highest BCUT2D eigenvalue weighted by molar-refractivity contribution is 7.80. The fourth-order valence-corrected chi connectivity index (χ4v) is 3.65. The third kappa shape index (κ3) is 5.60. The van der Waals surface area contributed by atoms with Crippen molar-refractivity contribution in [1.29, 1.82) is 0 Å². The fraction of sp³-hybridized carbons (Fsp3) is 0.476. The number of anilines is 3. The summed E-state index contributed by atoms with van der Waals surface area (Å²) in [6.07, 6.45) is 0. The molecule has 0 saturated carbocycles. The first-order chi connectivity index (χ1) is 15.3. The number of piperazine rings is 1. The Hall–Kier alpha value is -3.05. The number of aromatic nitrogens is 2. The van der Waals surface area contributed by atoms with Crippen molar-refractivity contribution in [2.75, 3.05) is 76.7 Å². The van der Waals surface area contributed by atoms with E-state index in [0.717, 1.165) is 43.4 Å². The molecule has 10 nitrogen and oxygen atoms in total. The molecular weight excluding hydrogens is 430 g/mol. The first-order valence-electron chi connectivity index (χ1n) is 10.2. The summed E-state index contributed by atoms with van der Waals surface area (Å²) >= 11 is 5.00. The van der Waals surface area contributed by atoms with Crippen LogP contribution in [0, 0.1) is 0 Å². The van der Waals surface area contributed by atoms with Crippen molar-refractivity contribution in [1.82, 2.24) is 14.9 Å². The van der Waals surface area contributed by atoms with E-state index in [1.54, 1.807) is 21.3 Å². The van der Waals surface area contributed by atoms with Crippen molar-refractivity contribution >= 4 is 34.9 Å². The van der Waals surface area contributed by atoms with E-state index < -0.39 is 0 Å². The van der Waals surface area contributed by atoms with Crippen molar-refractivity contribution < 1.29 is 14.2 Å². The number of benzene rings is 1. The van der Waals surface area contributed by atoms with Gasteiger partial charge in [-0.3, -0.25) is 0 Å². The van der Waals surface area contributed by atoms with Gasteiger partial charge in [-0.15, -0.1) is 0 Å². The van der Waals surface area contributed by atoms with Crippen molar-refractivity contribution in [3.63, 3.8) is 0 Å². The number of rotatable bonds is 8. The third-order valence-corrected chi connectivity index (χ3v) is 5.40. The summed E-state index contributed by atoms with van der Waals surface area (Å²) in [6.45, 7) is 4.27. The summed E-state index contributed by atoms with van der Waals surface area (Å²) < 4.78 is 16.4. The van der Waals surface area contributed by atoms with Gasteiger partial charge in [0.1, 0.15) is 11.6 Å². The van der Waals surface area contributed by atoms with Crippen LogP contribution in [0.3, 0.4) is 0 Å². The van der Waals surface area contributed by atoms with Crippen LogP contribution < -0.4 is 35.1 Å². The molecule has 3 rings (SSSR count). The lowest BCUT2D eigenvalue weighted by Crippen LogP contribution is -2.45. The molecule has 2 heterocycles. The lowest BCUT2D eigenvalue weighted by Gasteiger charge is -2.33. The maximum absolute atomic E-state index is 5.68. The zero-order valence-electron chi connectivity index (χ0n) is 19.2. The molecule has 0 radical (unpaired) electrons. The van der Waals surface area contributed by atoms with Crippen LogP contribution in [-0.2, 0) is 6.54 Å². The van der Waals surface area contributed by atoms with Gasteiger partial charge in [0.05, 0.1) is 21.3 Å². The Balaban J connectivity index is 1.90. The van der Waals surface area contributed by atoms with Crippen LogP contribution in [0.1, 0.15) is 5.56 Å². The van der Waals surface area contributed by atoms with E-state index in [0.29, 0.717) is 29.7 Å². The normalized spacial score (nSPS) is 14.1. The summed E-state index contributed by atoms with van der Waals surface area (Å²) in [5, 5.41) is 2.99. The van der Waals surface area contributed by atoms with Gasteiger partial charge in [0.25, 0.3) is 0 Å². The molecule has 32 heavy (non-hydrogen) atoms. The Kier molecular flexibility index (Phi) is 7.75. The number of nitrogens with two attached hydrogens (primary N) is 1. The average molecular weight is 462 g/mol. The van der Waals surface area contributed by atoms with E-state index in [9.17, 15) is 0 Å². The second-order valence-corrected chi connectivity index (χ2v) is 8.02. The summed E-state index contributed by atoms with van der Waals surface area (Å²) in [4.78, 5) is 15.8. The van der Waals surface area contributed by atoms with E-state index in [1.165, 1.54) is 0 Å². The predicted octanol–water partition coefficient (Wildman–Crippen LogP) is 1.55. The second kappa shape index (κ2) is 10.5. The molecule has 11 heteroatoms. The monoisotopic (exact) mass is 461 g/mol. The van der Waals surface area contributed by atoms with Crippen molar-refractivity contribution in [3.8, 4) is 17.2 Å². The van der Waals surface area contributed by atoms with Gasteiger partial charge in [0.15, 0.2) is 16.6 Å². The topological polar surface area (TPSA) is 101 Å². The summed E-state index contributed by atoms with van der Waals surface area (Å²) in [5.74, 6) is 3.71. The van der Waals surface area contributed by atoms with Crippen LogP contribution >= 0.6 is 12.2 Å². The number of hydrogen-bond donors (Lipinski definition) is 2. The van der Waals surface area contributed by atoms with Gasteiger partial charge < -0.3 is 40.0 Å². The lowest BCUT2D eigenvalue weighted by atomic mass is 10.1. The zero-order valence-corrected chi connectivity index (χ0v) is 20.0. The first-order valence-corrected chi connectivity index (χ1v) is 10.6. The SMILES string of the molecule is COc1cc(CN(C)c2cc(N3CCN(C)CC3)nc(NC(N)=S)n2)cc(OC)c1OC. The number of methoxy groups -OCH3 is 3. The standard InChI is InChI=1S/C21H31N7O3S/c1-26-6-8-28(9-7-26)18-12-17(23-21(24-18)25-20(22)32)27(2)13-14-10-15(29-3)19(31-5)16(11-14)30-4/h10-12H,6-9,13H2,1-5H3,(H3,22,23,24,25,32). The Morgan fingerprint density at radius 3 is 2.22 bits per heavy atom. The van der Waals surface area contributed by atoms with E-state index in [2.05, 4.69) is 32.1 Å². The van der Waals surface area contributed by atoms with Crippen LogP contribution in [0.2, 0.25) is 0 Å². The minimum atomic E-state index is 0.124. The molecule has 1 aliphatic heterocycles. The molecule has 0 atom stereocenters.